The van der Waals surface area contributed by atoms with Crippen LogP contribution in [0.2, 0.25) is 0 Å². The molecule has 0 aromatic carbocycles. The molecule has 3 rings (SSSR count). The van der Waals surface area contributed by atoms with Crippen molar-refractivity contribution in [2.24, 2.45) is 0 Å². The quantitative estimate of drug-likeness (QED) is 0.757. The fourth-order valence-electron chi connectivity index (χ4n) is 2.83. The number of piperidine rings is 1. The highest BCUT2D eigenvalue weighted by Gasteiger charge is 2.24. The van der Waals surface area contributed by atoms with Crippen LogP contribution in [0.5, 0.6) is 0 Å². The maximum absolute atomic E-state index is 4.44. The van der Waals surface area contributed by atoms with Gasteiger partial charge in [-0.1, -0.05) is 0 Å². The van der Waals surface area contributed by atoms with Crippen LogP contribution in [0.4, 0.5) is 0 Å². The average Bonchev–Trinajstić information content (AvgIpc) is 2.69. The van der Waals surface area contributed by atoms with Crippen LogP contribution in [0, 0.1) is 0 Å². The van der Waals surface area contributed by atoms with Crippen molar-refractivity contribution in [1.82, 2.24) is 25.0 Å². The maximum Gasteiger partial charge on any atom is 0.137 e. The molecule has 1 N–H and O–H groups in total. The summed E-state index contributed by atoms with van der Waals surface area (Å²) in [6.07, 6.45) is 3.54. The average molecular weight is 235 g/mol. The lowest BCUT2D eigenvalue weighted by molar-refractivity contribution is 0.336. The fourth-order valence-corrected chi connectivity index (χ4v) is 2.83. The number of likely N-dealkylation sites (N-methyl/N-ethyl adjacent to an activating group) is 1. The molecule has 1 aromatic rings. The fraction of sp³-hybridized carbons (Fsp3) is 0.833. The highest BCUT2D eigenvalue weighted by atomic mass is 15.3. The van der Waals surface area contributed by atoms with Gasteiger partial charge in [0.2, 0.25) is 0 Å². The first-order valence-corrected chi connectivity index (χ1v) is 6.66. The number of aromatic nitrogens is 3. The molecule has 17 heavy (non-hydrogen) atoms. The summed E-state index contributed by atoms with van der Waals surface area (Å²) in [4.78, 5) is 2.37. The minimum Gasteiger partial charge on any atom is -0.316 e. The van der Waals surface area contributed by atoms with Gasteiger partial charge in [0.05, 0.1) is 0 Å². The summed E-state index contributed by atoms with van der Waals surface area (Å²) in [5.41, 5.74) is 0. The molecule has 0 unspecified atom stereocenters. The van der Waals surface area contributed by atoms with E-state index in [-0.39, 0.29) is 0 Å². The van der Waals surface area contributed by atoms with E-state index in [1.54, 1.807) is 0 Å². The van der Waals surface area contributed by atoms with Crippen molar-refractivity contribution in [3.8, 4) is 0 Å². The van der Waals surface area contributed by atoms with E-state index in [9.17, 15) is 0 Å². The lowest BCUT2D eigenvalue weighted by atomic mass is 9.99. The zero-order chi connectivity index (χ0) is 11.7. The molecule has 0 spiro atoms. The van der Waals surface area contributed by atoms with Gasteiger partial charge in [-0.2, -0.15) is 0 Å². The first-order chi connectivity index (χ1) is 8.34. The van der Waals surface area contributed by atoms with Crippen LogP contribution in [0.1, 0.15) is 30.4 Å². The van der Waals surface area contributed by atoms with Gasteiger partial charge in [-0.3, -0.25) is 0 Å². The van der Waals surface area contributed by atoms with Crippen molar-refractivity contribution in [2.45, 2.75) is 31.7 Å². The topological polar surface area (TPSA) is 46.0 Å². The molecule has 94 valence electrons. The van der Waals surface area contributed by atoms with Gasteiger partial charge in [0.15, 0.2) is 0 Å². The maximum atomic E-state index is 4.44. The molecule has 1 atom stereocenters. The molecular formula is C12H21N5. The molecule has 2 aliphatic rings. The summed E-state index contributed by atoms with van der Waals surface area (Å²) in [7, 11) is 2.18. The Kier molecular flexibility index (Phi) is 3.11. The van der Waals surface area contributed by atoms with Crippen molar-refractivity contribution in [1.29, 1.82) is 0 Å². The number of nitrogens with zero attached hydrogens (tertiary/aromatic N) is 4. The third kappa shape index (κ3) is 2.21. The smallest absolute Gasteiger partial charge is 0.137 e. The second-order valence-electron chi connectivity index (χ2n) is 5.22. The van der Waals surface area contributed by atoms with Gasteiger partial charge in [-0.15, -0.1) is 10.2 Å². The SMILES string of the molecule is CN1CCc2nnc([C@@H]3CCCNC3)n2CC1. The highest BCUT2D eigenvalue weighted by molar-refractivity contribution is 5.05. The van der Waals surface area contributed by atoms with E-state index in [0.717, 1.165) is 39.1 Å². The van der Waals surface area contributed by atoms with Crippen LogP contribution in [0.3, 0.4) is 0 Å². The number of nitrogens with one attached hydrogen (secondary N) is 1. The van der Waals surface area contributed by atoms with E-state index in [4.69, 9.17) is 0 Å². The van der Waals surface area contributed by atoms with Crippen molar-refractivity contribution >= 4 is 0 Å². The highest BCUT2D eigenvalue weighted by Crippen LogP contribution is 2.23. The van der Waals surface area contributed by atoms with E-state index in [1.807, 2.05) is 0 Å². The van der Waals surface area contributed by atoms with Crippen molar-refractivity contribution in [2.75, 3.05) is 33.2 Å². The summed E-state index contributed by atoms with van der Waals surface area (Å²) in [5.74, 6) is 2.95. The Hall–Kier alpha value is -0.940. The summed E-state index contributed by atoms with van der Waals surface area (Å²) in [6.45, 7) is 5.47. The molecule has 5 nitrogen and oxygen atoms in total. The Balaban J connectivity index is 1.83. The standard InChI is InChI=1S/C12H21N5/c1-16-6-4-11-14-15-12(17(11)8-7-16)10-3-2-5-13-9-10/h10,13H,2-9H2,1H3/t10-/m1/s1. The molecule has 0 radical (unpaired) electrons. The van der Waals surface area contributed by atoms with Crippen LogP contribution in [-0.2, 0) is 13.0 Å². The predicted molar refractivity (Wildman–Crippen MR) is 66.1 cm³/mol. The molecule has 5 heteroatoms. The monoisotopic (exact) mass is 235 g/mol. The zero-order valence-corrected chi connectivity index (χ0v) is 10.5. The minimum absolute atomic E-state index is 0.563. The molecular weight excluding hydrogens is 214 g/mol. The van der Waals surface area contributed by atoms with Gasteiger partial charge in [-0.05, 0) is 26.4 Å². The van der Waals surface area contributed by atoms with Crippen molar-refractivity contribution in [3.05, 3.63) is 11.6 Å². The predicted octanol–water partition coefficient (Wildman–Crippen LogP) is 0.233. The molecule has 0 aliphatic carbocycles. The molecule has 3 heterocycles. The van der Waals surface area contributed by atoms with Crippen LogP contribution >= 0.6 is 0 Å². The summed E-state index contributed by atoms with van der Waals surface area (Å²) >= 11 is 0. The Morgan fingerprint density at radius 1 is 1.24 bits per heavy atom. The van der Waals surface area contributed by atoms with Crippen LogP contribution in [0.15, 0.2) is 0 Å². The normalized spacial score (nSPS) is 26.5. The number of rotatable bonds is 1. The van der Waals surface area contributed by atoms with Gasteiger partial charge >= 0.3 is 0 Å². The van der Waals surface area contributed by atoms with Gasteiger partial charge in [-0.25, -0.2) is 0 Å². The van der Waals surface area contributed by atoms with E-state index in [2.05, 4.69) is 32.0 Å². The molecule has 1 saturated heterocycles. The Morgan fingerprint density at radius 2 is 2.18 bits per heavy atom. The molecule has 1 fully saturated rings. The summed E-state index contributed by atoms with van der Waals surface area (Å²) in [6, 6.07) is 0. The first-order valence-electron chi connectivity index (χ1n) is 6.66. The second-order valence-corrected chi connectivity index (χ2v) is 5.22. The largest absolute Gasteiger partial charge is 0.316 e. The molecule has 0 saturated carbocycles. The lowest BCUT2D eigenvalue weighted by Gasteiger charge is -2.22. The first kappa shape index (κ1) is 11.2. The Morgan fingerprint density at radius 3 is 3.00 bits per heavy atom. The van der Waals surface area contributed by atoms with E-state index in [1.165, 1.54) is 24.5 Å². The van der Waals surface area contributed by atoms with Crippen LogP contribution in [-0.4, -0.2) is 52.9 Å². The van der Waals surface area contributed by atoms with Gasteiger partial charge in [0.1, 0.15) is 11.6 Å². The third-order valence-corrected chi connectivity index (χ3v) is 3.94. The van der Waals surface area contributed by atoms with Gasteiger partial charge < -0.3 is 14.8 Å². The molecule has 0 bridgehead atoms. The summed E-state index contributed by atoms with van der Waals surface area (Å²) in [5, 5.41) is 12.3. The summed E-state index contributed by atoms with van der Waals surface area (Å²) < 4.78 is 2.36. The van der Waals surface area contributed by atoms with Crippen LogP contribution in [0.25, 0.3) is 0 Å². The molecule has 0 amide bonds. The third-order valence-electron chi connectivity index (χ3n) is 3.94. The van der Waals surface area contributed by atoms with Crippen molar-refractivity contribution < 1.29 is 0 Å². The second kappa shape index (κ2) is 4.74. The van der Waals surface area contributed by atoms with Gasteiger partial charge in [0, 0.05) is 38.5 Å². The van der Waals surface area contributed by atoms with E-state index < -0.39 is 0 Å². The number of fused-ring (bicyclic) bond motifs is 1. The van der Waals surface area contributed by atoms with Gasteiger partial charge in [0.25, 0.3) is 0 Å². The number of hydrogen-bond donors (Lipinski definition) is 1. The minimum atomic E-state index is 0.563. The molecule has 1 aromatic heterocycles. The molecule has 2 aliphatic heterocycles. The number of hydrogen-bond acceptors (Lipinski definition) is 4. The Labute approximate surface area is 102 Å². The van der Waals surface area contributed by atoms with Crippen LogP contribution < -0.4 is 5.32 Å². The van der Waals surface area contributed by atoms with E-state index in [0.29, 0.717) is 5.92 Å². The zero-order valence-electron chi connectivity index (χ0n) is 10.5. The Bertz CT molecular complexity index is 380. The van der Waals surface area contributed by atoms with E-state index >= 15 is 0 Å². The van der Waals surface area contributed by atoms with Crippen molar-refractivity contribution in [3.63, 3.8) is 0 Å². The lowest BCUT2D eigenvalue weighted by Crippen LogP contribution is -2.30.